The van der Waals surface area contributed by atoms with Crippen LogP contribution in [0.15, 0.2) is 36.5 Å². The van der Waals surface area contributed by atoms with Crippen molar-refractivity contribution >= 4 is 28.2 Å². The average molecular weight is 275 g/mol. The van der Waals surface area contributed by atoms with Gasteiger partial charge in [0.15, 0.2) is 0 Å². The molecule has 2 heterocycles. The van der Waals surface area contributed by atoms with E-state index in [2.05, 4.69) is 47.1 Å². The van der Waals surface area contributed by atoms with Crippen molar-refractivity contribution in [3.8, 4) is 0 Å². The Balaban J connectivity index is 1.86. The lowest BCUT2D eigenvalue weighted by atomic mass is 9.94. The van der Waals surface area contributed by atoms with Crippen molar-refractivity contribution in [2.75, 3.05) is 18.0 Å². The molecule has 0 amide bonds. The predicted molar refractivity (Wildman–Crippen MR) is 82.0 cm³/mol. The fourth-order valence-corrected chi connectivity index (χ4v) is 3.18. The summed E-state index contributed by atoms with van der Waals surface area (Å²) in [5.74, 6) is 1.77. The van der Waals surface area contributed by atoms with E-state index >= 15 is 0 Å². The summed E-state index contributed by atoms with van der Waals surface area (Å²) in [7, 11) is 0. The number of halogens is 1. The monoisotopic (exact) mass is 274 g/mol. The number of aromatic nitrogens is 1. The van der Waals surface area contributed by atoms with Gasteiger partial charge in [-0.1, -0.05) is 24.3 Å². The summed E-state index contributed by atoms with van der Waals surface area (Å²) >= 11 is 6.21. The Labute approximate surface area is 119 Å². The molecular formula is C16H19ClN2. The molecule has 3 heteroatoms. The van der Waals surface area contributed by atoms with E-state index in [4.69, 9.17) is 11.6 Å². The van der Waals surface area contributed by atoms with Crippen LogP contribution in [0, 0.1) is 5.92 Å². The SMILES string of the molecule is CC(Cl)C1CCN(c2nccc3ccccc23)CC1. The molecule has 0 bridgehead atoms. The highest BCUT2D eigenvalue weighted by atomic mass is 35.5. The molecule has 0 saturated carbocycles. The summed E-state index contributed by atoms with van der Waals surface area (Å²) in [6.07, 6.45) is 4.24. The van der Waals surface area contributed by atoms with Crippen LogP contribution in [0.1, 0.15) is 19.8 Å². The minimum Gasteiger partial charge on any atom is -0.356 e. The Bertz CT molecular complexity index is 554. The number of pyridine rings is 1. The van der Waals surface area contributed by atoms with E-state index in [1.807, 2.05) is 6.20 Å². The summed E-state index contributed by atoms with van der Waals surface area (Å²) in [5, 5.41) is 2.80. The van der Waals surface area contributed by atoms with Crippen LogP contribution in [0.3, 0.4) is 0 Å². The van der Waals surface area contributed by atoms with Gasteiger partial charge < -0.3 is 4.90 Å². The number of anilines is 1. The van der Waals surface area contributed by atoms with Gasteiger partial charge in [-0.25, -0.2) is 4.98 Å². The third-order valence-electron chi connectivity index (χ3n) is 4.14. The highest BCUT2D eigenvalue weighted by Crippen LogP contribution is 2.30. The first-order valence-corrected chi connectivity index (χ1v) is 7.42. The van der Waals surface area contributed by atoms with Gasteiger partial charge in [-0.15, -0.1) is 11.6 Å². The van der Waals surface area contributed by atoms with Gasteiger partial charge in [0, 0.05) is 30.0 Å². The summed E-state index contributed by atoms with van der Waals surface area (Å²) < 4.78 is 0. The maximum atomic E-state index is 6.21. The third-order valence-corrected chi connectivity index (χ3v) is 4.50. The summed E-state index contributed by atoms with van der Waals surface area (Å²) in [5.41, 5.74) is 0. The lowest BCUT2D eigenvalue weighted by Gasteiger charge is -2.34. The zero-order valence-electron chi connectivity index (χ0n) is 11.2. The summed E-state index contributed by atoms with van der Waals surface area (Å²) in [4.78, 5) is 6.99. The van der Waals surface area contributed by atoms with E-state index < -0.39 is 0 Å². The van der Waals surface area contributed by atoms with Gasteiger partial charge in [0.1, 0.15) is 5.82 Å². The van der Waals surface area contributed by atoms with Crippen LogP contribution in [-0.4, -0.2) is 23.5 Å². The molecule has 0 aliphatic carbocycles. The van der Waals surface area contributed by atoms with Gasteiger partial charge in [0.25, 0.3) is 0 Å². The van der Waals surface area contributed by atoms with Crippen molar-refractivity contribution in [1.82, 2.24) is 4.98 Å². The van der Waals surface area contributed by atoms with Gasteiger partial charge >= 0.3 is 0 Å². The maximum absolute atomic E-state index is 6.21. The van der Waals surface area contributed by atoms with E-state index in [1.165, 1.54) is 10.8 Å². The highest BCUT2D eigenvalue weighted by Gasteiger charge is 2.24. The van der Waals surface area contributed by atoms with Crippen molar-refractivity contribution in [2.45, 2.75) is 25.1 Å². The molecule has 3 rings (SSSR count). The predicted octanol–water partition coefficient (Wildman–Crippen LogP) is 4.08. The zero-order chi connectivity index (χ0) is 13.2. The second-order valence-corrected chi connectivity index (χ2v) is 6.05. The molecular weight excluding hydrogens is 256 g/mol. The van der Waals surface area contributed by atoms with E-state index in [-0.39, 0.29) is 5.38 Å². The van der Waals surface area contributed by atoms with Crippen LogP contribution >= 0.6 is 11.6 Å². The molecule has 1 aromatic carbocycles. The molecule has 0 spiro atoms. The van der Waals surface area contributed by atoms with Crippen molar-refractivity contribution in [1.29, 1.82) is 0 Å². The Morgan fingerprint density at radius 2 is 1.95 bits per heavy atom. The van der Waals surface area contributed by atoms with Crippen LogP contribution in [0.5, 0.6) is 0 Å². The third kappa shape index (κ3) is 2.55. The molecule has 0 radical (unpaired) electrons. The number of nitrogens with zero attached hydrogens (tertiary/aromatic N) is 2. The number of piperidine rings is 1. The Kier molecular flexibility index (Phi) is 3.61. The van der Waals surface area contributed by atoms with Gasteiger partial charge in [-0.05, 0) is 37.1 Å². The maximum Gasteiger partial charge on any atom is 0.136 e. The lowest BCUT2D eigenvalue weighted by molar-refractivity contribution is 0.399. The van der Waals surface area contributed by atoms with Crippen molar-refractivity contribution in [3.63, 3.8) is 0 Å². The van der Waals surface area contributed by atoms with Crippen LogP contribution in [0.4, 0.5) is 5.82 Å². The number of alkyl halides is 1. The van der Waals surface area contributed by atoms with Crippen LogP contribution in [0.2, 0.25) is 0 Å². The van der Waals surface area contributed by atoms with E-state index in [0.29, 0.717) is 5.92 Å². The van der Waals surface area contributed by atoms with Crippen molar-refractivity contribution in [3.05, 3.63) is 36.5 Å². The Morgan fingerprint density at radius 1 is 1.21 bits per heavy atom. The minimum absolute atomic E-state index is 0.280. The van der Waals surface area contributed by atoms with Gasteiger partial charge in [-0.2, -0.15) is 0 Å². The molecule has 1 aliphatic heterocycles. The summed E-state index contributed by atoms with van der Waals surface area (Å²) in [6.45, 7) is 4.23. The number of fused-ring (bicyclic) bond motifs is 1. The molecule has 1 unspecified atom stereocenters. The number of hydrogen-bond acceptors (Lipinski definition) is 2. The molecule has 2 aromatic rings. The smallest absolute Gasteiger partial charge is 0.136 e. The van der Waals surface area contributed by atoms with Crippen molar-refractivity contribution < 1.29 is 0 Å². The largest absolute Gasteiger partial charge is 0.356 e. The van der Waals surface area contributed by atoms with Gasteiger partial charge in [0.05, 0.1) is 0 Å². The normalized spacial score (nSPS) is 18.7. The molecule has 19 heavy (non-hydrogen) atoms. The second-order valence-electron chi connectivity index (χ2n) is 5.36. The molecule has 0 N–H and O–H groups in total. The number of rotatable bonds is 2. The molecule has 1 aromatic heterocycles. The quantitative estimate of drug-likeness (QED) is 0.767. The highest BCUT2D eigenvalue weighted by molar-refractivity contribution is 6.20. The molecule has 1 fully saturated rings. The standard InChI is InChI=1S/C16H19ClN2/c1-12(17)13-7-10-19(11-8-13)16-15-5-3-2-4-14(15)6-9-18-16/h2-6,9,12-13H,7-8,10-11H2,1H3. The second kappa shape index (κ2) is 5.38. The summed E-state index contributed by atoms with van der Waals surface area (Å²) in [6, 6.07) is 10.5. The minimum atomic E-state index is 0.280. The van der Waals surface area contributed by atoms with Crippen LogP contribution in [-0.2, 0) is 0 Å². The van der Waals surface area contributed by atoms with Crippen LogP contribution < -0.4 is 4.90 Å². The number of benzene rings is 1. The number of hydrogen-bond donors (Lipinski definition) is 0. The van der Waals surface area contributed by atoms with Gasteiger partial charge in [0.2, 0.25) is 0 Å². The Morgan fingerprint density at radius 3 is 2.68 bits per heavy atom. The Hall–Kier alpha value is -1.28. The topological polar surface area (TPSA) is 16.1 Å². The molecule has 100 valence electrons. The van der Waals surface area contributed by atoms with Crippen LogP contribution in [0.25, 0.3) is 10.8 Å². The first kappa shape index (κ1) is 12.7. The van der Waals surface area contributed by atoms with E-state index in [1.54, 1.807) is 0 Å². The van der Waals surface area contributed by atoms with Crippen molar-refractivity contribution in [2.24, 2.45) is 5.92 Å². The zero-order valence-corrected chi connectivity index (χ0v) is 12.0. The molecule has 1 aliphatic rings. The molecule has 2 nitrogen and oxygen atoms in total. The molecule has 1 atom stereocenters. The molecule has 1 saturated heterocycles. The van der Waals surface area contributed by atoms with Gasteiger partial charge in [-0.3, -0.25) is 0 Å². The lowest BCUT2D eigenvalue weighted by Crippen LogP contribution is -2.36. The van der Waals surface area contributed by atoms with E-state index in [0.717, 1.165) is 31.7 Å². The first-order valence-electron chi connectivity index (χ1n) is 6.98. The average Bonchev–Trinajstić information content (AvgIpc) is 2.47. The fourth-order valence-electron chi connectivity index (χ4n) is 2.93. The first-order chi connectivity index (χ1) is 9.25. The fraction of sp³-hybridized carbons (Fsp3) is 0.438. The van der Waals surface area contributed by atoms with E-state index in [9.17, 15) is 0 Å².